The van der Waals surface area contributed by atoms with Crippen molar-refractivity contribution >= 4 is 28.9 Å². The van der Waals surface area contributed by atoms with Crippen molar-refractivity contribution in [3.63, 3.8) is 0 Å². The monoisotopic (exact) mass is 314 g/mol. The van der Waals surface area contributed by atoms with E-state index in [1.165, 1.54) is 30.3 Å². The molecule has 0 radical (unpaired) electrons. The average Bonchev–Trinajstić information content (AvgIpc) is 2.38. The molecule has 0 aliphatic heterocycles. The van der Waals surface area contributed by atoms with E-state index in [4.69, 9.17) is 17.3 Å². The van der Waals surface area contributed by atoms with Crippen LogP contribution in [-0.4, -0.2) is 5.91 Å². The van der Waals surface area contributed by atoms with Gasteiger partial charge in [0.2, 0.25) is 0 Å². The third-order valence-electron chi connectivity index (χ3n) is 2.71. The lowest BCUT2D eigenvalue weighted by molar-refractivity contribution is -0.137. The average molecular weight is 315 g/mol. The summed E-state index contributed by atoms with van der Waals surface area (Å²) in [5.74, 6) is -0.528. The highest BCUT2D eigenvalue weighted by molar-refractivity contribution is 6.34. The van der Waals surface area contributed by atoms with Gasteiger partial charge in [0.15, 0.2) is 0 Å². The number of nitrogens with one attached hydrogen (secondary N) is 1. The van der Waals surface area contributed by atoms with Gasteiger partial charge in [0.05, 0.1) is 16.1 Å². The molecule has 0 aliphatic carbocycles. The van der Waals surface area contributed by atoms with Crippen LogP contribution in [0.25, 0.3) is 0 Å². The van der Waals surface area contributed by atoms with E-state index in [2.05, 4.69) is 5.32 Å². The Morgan fingerprint density at radius 3 is 2.24 bits per heavy atom. The number of hydrogen-bond acceptors (Lipinski definition) is 2. The van der Waals surface area contributed by atoms with Gasteiger partial charge in [-0.1, -0.05) is 11.6 Å². The molecule has 2 aromatic rings. The molecule has 1 amide bonds. The number of amides is 1. The molecular weight excluding hydrogens is 305 g/mol. The number of nitrogen functional groups attached to an aromatic ring is 1. The molecular formula is C14H10ClF3N2O. The molecule has 0 aliphatic rings. The largest absolute Gasteiger partial charge is 0.416 e. The van der Waals surface area contributed by atoms with Crippen molar-refractivity contribution in [1.29, 1.82) is 0 Å². The van der Waals surface area contributed by atoms with Gasteiger partial charge in [-0.3, -0.25) is 4.79 Å². The summed E-state index contributed by atoms with van der Waals surface area (Å²) in [4.78, 5) is 12.0. The molecule has 0 fully saturated rings. The van der Waals surface area contributed by atoms with E-state index in [0.717, 1.165) is 12.1 Å². The maximum Gasteiger partial charge on any atom is 0.416 e. The molecule has 0 heterocycles. The van der Waals surface area contributed by atoms with Gasteiger partial charge in [-0.25, -0.2) is 0 Å². The highest BCUT2D eigenvalue weighted by Crippen LogP contribution is 2.30. The van der Waals surface area contributed by atoms with Crippen molar-refractivity contribution in [2.45, 2.75) is 6.18 Å². The van der Waals surface area contributed by atoms with Crippen LogP contribution in [0, 0.1) is 0 Å². The molecule has 0 bridgehead atoms. The third-order valence-corrected chi connectivity index (χ3v) is 3.02. The zero-order valence-electron chi connectivity index (χ0n) is 10.5. The van der Waals surface area contributed by atoms with Crippen LogP contribution < -0.4 is 11.1 Å². The van der Waals surface area contributed by atoms with Gasteiger partial charge >= 0.3 is 6.18 Å². The second kappa shape index (κ2) is 5.65. The lowest BCUT2D eigenvalue weighted by atomic mass is 10.1. The normalized spacial score (nSPS) is 11.2. The molecule has 3 nitrogen and oxygen atoms in total. The van der Waals surface area contributed by atoms with Crippen molar-refractivity contribution in [3.8, 4) is 0 Å². The summed E-state index contributed by atoms with van der Waals surface area (Å²) < 4.78 is 37.3. The summed E-state index contributed by atoms with van der Waals surface area (Å²) >= 11 is 5.89. The van der Waals surface area contributed by atoms with Crippen molar-refractivity contribution in [2.75, 3.05) is 11.1 Å². The molecule has 2 aromatic carbocycles. The number of alkyl halides is 3. The third kappa shape index (κ3) is 3.66. The minimum atomic E-state index is -4.41. The summed E-state index contributed by atoms with van der Waals surface area (Å²) in [5.41, 5.74) is 5.56. The van der Waals surface area contributed by atoms with E-state index in [0.29, 0.717) is 5.69 Å². The van der Waals surface area contributed by atoms with E-state index in [1.807, 2.05) is 0 Å². The van der Waals surface area contributed by atoms with Crippen molar-refractivity contribution < 1.29 is 18.0 Å². The van der Waals surface area contributed by atoms with E-state index >= 15 is 0 Å². The highest BCUT2D eigenvalue weighted by atomic mass is 35.5. The zero-order valence-corrected chi connectivity index (χ0v) is 11.3. The molecule has 3 N–H and O–H groups in total. The van der Waals surface area contributed by atoms with Crippen molar-refractivity contribution in [1.82, 2.24) is 0 Å². The Balaban J connectivity index is 2.16. The summed E-state index contributed by atoms with van der Waals surface area (Å²) in [5, 5.41) is 2.63. The van der Waals surface area contributed by atoms with Crippen LogP contribution in [0.1, 0.15) is 15.9 Å². The number of halogens is 4. The van der Waals surface area contributed by atoms with Crippen molar-refractivity contribution in [3.05, 3.63) is 58.6 Å². The predicted octanol–water partition coefficient (Wildman–Crippen LogP) is 4.19. The first-order valence-electron chi connectivity index (χ1n) is 5.81. The van der Waals surface area contributed by atoms with Crippen LogP contribution >= 0.6 is 11.6 Å². The van der Waals surface area contributed by atoms with Gasteiger partial charge < -0.3 is 11.1 Å². The first-order chi connectivity index (χ1) is 9.77. The van der Waals surface area contributed by atoms with Crippen LogP contribution in [-0.2, 0) is 6.18 Å². The smallest absolute Gasteiger partial charge is 0.399 e. The fourth-order valence-corrected chi connectivity index (χ4v) is 1.93. The lowest BCUT2D eigenvalue weighted by Crippen LogP contribution is -2.13. The van der Waals surface area contributed by atoms with E-state index < -0.39 is 17.6 Å². The first-order valence-corrected chi connectivity index (χ1v) is 6.19. The van der Waals surface area contributed by atoms with E-state index in [1.54, 1.807) is 0 Å². The molecule has 7 heteroatoms. The number of hydrogen-bond donors (Lipinski definition) is 2. The number of nitrogens with two attached hydrogens (primary N) is 1. The maximum absolute atomic E-state index is 12.4. The minimum absolute atomic E-state index is 0.166. The molecule has 0 saturated heterocycles. The van der Waals surface area contributed by atoms with Crippen LogP contribution in [0.4, 0.5) is 24.5 Å². The Morgan fingerprint density at radius 1 is 1.10 bits per heavy atom. The summed E-state index contributed by atoms with van der Waals surface area (Å²) in [6.45, 7) is 0. The van der Waals surface area contributed by atoms with Crippen LogP contribution in [0.3, 0.4) is 0 Å². The van der Waals surface area contributed by atoms with Gasteiger partial charge in [-0.15, -0.1) is 0 Å². The summed E-state index contributed by atoms with van der Waals surface area (Å²) in [7, 11) is 0. The molecule has 0 spiro atoms. The minimum Gasteiger partial charge on any atom is -0.399 e. The quantitative estimate of drug-likeness (QED) is 0.816. The Kier molecular flexibility index (Phi) is 4.09. The number of carbonyl (C=O) groups is 1. The second-order valence-electron chi connectivity index (χ2n) is 4.27. The second-order valence-corrected chi connectivity index (χ2v) is 4.68. The van der Waals surface area contributed by atoms with Crippen LogP contribution in [0.5, 0.6) is 0 Å². The number of rotatable bonds is 2. The number of benzene rings is 2. The van der Waals surface area contributed by atoms with Crippen molar-refractivity contribution in [2.24, 2.45) is 0 Å². The SMILES string of the molecule is Nc1ccc(C(=O)Nc2ccc(C(F)(F)F)cc2)c(Cl)c1. The van der Waals surface area contributed by atoms with Gasteiger partial charge in [0.25, 0.3) is 5.91 Å². The maximum atomic E-state index is 12.4. The lowest BCUT2D eigenvalue weighted by Gasteiger charge is -2.09. The molecule has 21 heavy (non-hydrogen) atoms. The molecule has 0 atom stereocenters. The fraction of sp³-hybridized carbons (Fsp3) is 0.0714. The van der Waals surface area contributed by atoms with Gasteiger partial charge in [-0.05, 0) is 42.5 Å². The van der Waals surface area contributed by atoms with Gasteiger partial charge in [0.1, 0.15) is 0 Å². The Bertz CT molecular complexity index is 669. The van der Waals surface area contributed by atoms with Gasteiger partial charge in [0, 0.05) is 11.4 Å². The van der Waals surface area contributed by atoms with Crippen LogP contribution in [0.2, 0.25) is 5.02 Å². The standard InChI is InChI=1S/C14H10ClF3N2O/c15-12-7-9(19)3-6-11(12)13(21)20-10-4-1-8(2-5-10)14(16,17)18/h1-7H,19H2,(H,20,21). The fourth-order valence-electron chi connectivity index (χ4n) is 1.66. The molecule has 2 rings (SSSR count). The predicted molar refractivity (Wildman–Crippen MR) is 75.3 cm³/mol. The molecule has 0 saturated carbocycles. The zero-order chi connectivity index (χ0) is 15.6. The number of carbonyl (C=O) groups excluding carboxylic acids is 1. The molecule has 110 valence electrons. The van der Waals surface area contributed by atoms with Gasteiger partial charge in [-0.2, -0.15) is 13.2 Å². The Morgan fingerprint density at radius 2 is 1.71 bits per heavy atom. The highest BCUT2D eigenvalue weighted by Gasteiger charge is 2.30. The topological polar surface area (TPSA) is 55.1 Å². The summed E-state index contributed by atoms with van der Waals surface area (Å²) in [6.07, 6.45) is -4.41. The van der Waals surface area contributed by atoms with E-state index in [-0.39, 0.29) is 16.3 Å². The van der Waals surface area contributed by atoms with Crippen LogP contribution in [0.15, 0.2) is 42.5 Å². The Labute approximate surface area is 123 Å². The van der Waals surface area contributed by atoms with E-state index in [9.17, 15) is 18.0 Å². The first kappa shape index (κ1) is 15.2. The Hall–Kier alpha value is -2.21. The number of anilines is 2. The molecule has 0 unspecified atom stereocenters. The summed E-state index contributed by atoms with van der Waals surface area (Å²) in [6, 6.07) is 8.49. The molecule has 0 aromatic heterocycles.